The average Bonchev–Trinajstić information content (AvgIpc) is 2.52. The number of hydrogen-bond donors (Lipinski definition) is 1. The number of hydrogen-bond acceptors (Lipinski definition) is 3. The van der Waals surface area contributed by atoms with Crippen LogP contribution in [0.2, 0.25) is 0 Å². The molecule has 2 aliphatic rings. The molecule has 1 aromatic rings. The van der Waals surface area contributed by atoms with Crippen molar-refractivity contribution in [1.29, 1.82) is 0 Å². The quantitative estimate of drug-likeness (QED) is 0.919. The Hall–Kier alpha value is -0.900. The van der Waals surface area contributed by atoms with E-state index in [1.54, 1.807) is 11.1 Å². The Kier molecular flexibility index (Phi) is 4.94. The lowest BCUT2D eigenvalue weighted by atomic mass is 9.86. The molecule has 0 radical (unpaired) electrons. The second kappa shape index (κ2) is 6.91. The monoisotopic (exact) mass is 287 g/mol. The van der Waals surface area contributed by atoms with Gasteiger partial charge in [-0.3, -0.25) is 4.90 Å². The van der Waals surface area contributed by atoms with Gasteiger partial charge in [0.25, 0.3) is 0 Å². The second-order valence-corrected chi connectivity index (χ2v) is 6.81. The van der Waals surface area contributed by atoms with Gasteiger partial charge in [-0.15, -0.1) is 0 Å². The van der Waals surface area contributed by atoms with E-state index >= 15 is 0 Å². The van der Waals surface area contributed by atoms with Crippen LogP contribution in [0.15, 0.2) is 18.2 Å². The Labute approximate surface area is 129 Å². The zero-order valence-electron chi connectivity index (χ0n) is 13.6. The van der Waals surface area contributed by atoms with Crippen molar-refractivity contribution in [3.63, 3.8) is 0 Å². The Morgan fingerprint density at radius 2 is 1.81 bits per heavy atom. The molecule has 1 N–H and O–H groups in total. The van der Waals surface area contributed by atoms with Crippen molar-refractivity contribution in [3.8, 4) is 0 Å². The van der Waals surface area contributed by atoms with Crippen LogP contribution in [0.1, 0.15) is 35.4 Å². The number of nitrogens with zero attached hydrogens (tertiary/aromatic N) is 2. The van der Waals surface area contributed by atoms with Gasteiger partial charge in [-0.05, 0) is 56.9 Å². The normalized spacial score (nSPS) is 22.6. The summed E-state index contributed by atoms with van der Waals surface area (Å²) in [5.74, 6) is 0.758. The van der Waals surface area contributed by atoms with Crippen LogP contribution in [0.25, 0.3) is 0 Å². The predicted octanol–water partition coefficient (Wildman–Crippen LogP) is 2.21. The minimum Gasteiger partial charge on any atom is -0.317 e. The summed E-state index contributed by atoms with van der Waals surface area (Å²) < 4.78 is 0. The Morgan fingerprint density at radius 3 is 2.52 bits per heavy atom. The molecule has 0 unspecified atom stereocenters. The van der Waals surface area contributed by atoms with Crippen LogP contribution in [0.5, 0.6) is 0 Å². The first-order chi connectivity index (χ1) is 10.2. The van der Waals surface area contributed by atoms with Gasteiger partial charge in [-0.1, -0.05) is 23.8 Å². The van der Waals surface area contributed by atoms with Crippen LogP contribution in [-0.2, 0) is 6.54 Å². The minimum absolute atomic E-state index is 0.758. The summed E-state index contributed by atoms with van der Waals surface area (Å²) in [6.07, 6.45) is 2.58. The largest absolute Gasteiger partial charge is 0.317 e. The number of likely N-dealkylation sites (N-methyl/N-ethyl adjacent to an activating group) is 1. The Morgan fingerprint density at radius 1 is 1.10 bits per heavy atom. The maximum Gasteiger partial charge on any atom is 0.0237 e. The average molecular weight is 287 g/mol. The summed E-state index contributed by atoms with van der Waals surface area (Å²) in [7, 11) is 2.23. The SMILES string of the molecule is Cc1ccc(CN2CCN(C)CC2)c(C2CCNCC2)c1. The summed E-state index contributed by atoms with van der Waals surface area (Å²) in [5.41, 5.74) is 4.60. The maximum absolute atomic E-state index is 3.49. The first-order valence-electron chi connectivity index (χ1n) is 8.43. The van der Waals surface area contributed by atoms with Gasteiger partial charge in [0.1, 0.15) is 0 Å². The summed E-state index contributed by atoms with van der Waals surface area (Å²) >= 11 is 0. The summed E-state index contributed by atoms with van der Waals surface area (Å²) in [6, 6.07) is 7.11. The summed E-state index contributed by atoms with van der Waals surface area (Å²) in [5, 5.41) is 3.49. The Bertz CT molecular complexity index is 458. The number of piperazine rings is 1. The zero-order chi connectivity index (χ0) is 14.7. The zero-order valence-corrected chi connectivity index (χ0v) is 13.6. The molecule has 3 heteroatoms. The molecular formula is C18H29N3. The first-order valence-corrected chi connectivity index (χ1v) is 8.43. The molecule has 1 aromatic carbocycles. The molecule has 0 aromatic heterocycles. The van der Waals surface area contributed by atoms with Gasteiger partial charge in [0.15, 0.2) is 0 Å². The molecule has 2 fully saturated rings. The van der Waals surface area contributed by atoms with Gasteiger partial charge in [-0.25, -0.2) is 0 Å². The van der Waals surface area contributed by atoms with Crippen molar-refractivity contribution in [2.75, 3.05) is 46.3 Å². The summed E-state index contributed by atoms with van der Waals surface area (Å²) in [4.78, 5) is 5.05. The number of aryl methyl sites for hydroxylation is 1. The summed E-state index contributed by atoms with van der Waals surface area (Å²) in [6.45, 7) is 10.5. The number of piperidine rings is 1. The van der Waals surface area contributed by atoms with Crippen molar-refractivity contribution in [2.45, 2.75) is 32.2 Å². The lowest BCUT2D eigenvalue weighted by molar-refractivity contribution is 0.147. The van der Waals surface area contributed by atoms with Crippen molar-refractivity contribution in [3.05, 3.63) is 34.9 Å². The van der Waals surface area contributed by atoms with Crippen LogP contribution in [0.3, 0.4) is 0 Å². The van der Waals surface area contributed by atoms with Crippen LogP contribution in [0, 0.1) is 6.92 Å². The van der Waals surface area contributed by atoms with Crippen molar-refractivity contribution < 1.29 is 0 Å². The van der Waals surface area contributed by atoms with E-state index < -0.39 is 0 Å². The molecule has 0 aliphatic carbocycles. The van der Waals surface area contributed by atoms with Crippen LogP contribution in [-0.4, -0.2) is 56.1 Å². The number of rotatable bonds is 3. The smallest absolute Gasteiger partial charge is 0.0237 e. The third kappa shape index (κ3) is 3.85. The van der Waals surface area contributed by atoms with E-state index in [1.165, 1.54) is 57.7 Å². The van der Waals surface area contributed by atoms with E-state index in [4.69, 9.17) is 0 Å². The van der Waals surface area contributed by atoms with Gasteiger partial charge < -0.3 is 10.2 Å². The highest BCUT2D eigenvalue weighted by molar-refractivity contribution is 5.34. The lowest BCUT2D eigenvalue weighted by Gasteiger charge is -2.34. The molecule has 2 heterocycles. The van der Waals surface area contributed by atoms with E-state index in [2.05, 4.69) is 47.3 Å². The number of benzene rings is 1. The van der Waals surface area contributed by atoms with Crippen LogP contribution < -0.4 is 5.32 Å². The molecule has 0 atom stereocenters. The molecular weight excluding hydrogens is 258 g/mol. The van der Waals surface area contributed by atoms with E-state index in [0.717, 1.165) is 12.5 Å². The molecule has 3 rings (SSSR count). The van der Waals surface area contributed by atoms with Gasteiger partial charge >= 0.3 is 0 Å². The van der Waals surface area contributed by atoms with Gasteiger partial charge in [0.05, 0.1) is 0 Å². The Balaban J connectivity index is 1.74. The highest BCUT2D eigenvalue weighted by Gasteiger charge is 2.20. The molecule has 2 saturated heterocycles. The van der Waals surface area contributed by atoms with Crippen molar-refractivity contribution in [2.24, 2.45) is 0 Å². The van der Waals surface area contributed by atoms with Gasteiger partial charge in [0.2, 0.25) is 0 Å². The fourth-order valence-electron chi connectivity index (χ4n) is 3.62. The predicted molar refractivity (Wildman–Crippen MR) is 88.8 cm³/mol. The number of nitrogens with one attached hydrogen (secondary N) is 1. The fraction of sp³-hybridized carbons (Fsp3) is 0.667. The van der Waals surface area contributed by atoms with Crippen molar-refractivity contribution >= 4 is 0 Å². The molecule has 0 bridgehead atoms. The standard InChI is InChI=1S/C18H29N3/c1-15-3-4-17(14-21-11-9-20(2)10-12-21)18(13-15)16-5-7-19-8-6-16/h3-4,13,16,19H,5-12,14H2,1-2H3. The molecule has 0 spiro atoms. The third-order valence-corrected chi connectivity index (χ3v) is 5.07. The topological polar surface area (TPSA) is 18.5 Å². The molecule has 3 nitrogen and oxygen atoms in total. The molecule has 116 valence electrons. The van der Waals surface area contributed by atoms with Crippen molar-refractivity contribution in [1.82, 2.24) is 15.1 Å². The molecule has 21 heavy (non-hydrogen) atoms. The molecule has 0 saturated carbocycles. The minimum atomic E-state index is 0.758. The van der Waals surface area contributed by atoms with Crippen LogP contribution >= 0.6 is 0 Å². The lowest BCUT2D eigenvalue weighted by Crippen LogP contribution is -2.44. The highest BCUT2D eigenvalue weighted by atomic mass is 15.2. The highest BCUT2D eigenvalue weighted by Crippen LogP contribution is 2.29. The van der Waals surface area contributed by atoms with E-state index in [9.17, 15) is 0 Å². The van der Waals surface area contributed by atoms with Gasteiger partial charge in [0, 0.05) is 32.7 Å². The fourth-order valence-corrected chi connectivity index (χ4v) is 3.62. The van der Waals surface area contributed by atoms with E-state index in [0.29, 0.717) is 0 Å². The first kappa shape index (κ1) is 15.0. The maximum atomic E-state index is 3.49. The second-order valence-electron chi connectivity index (χ2n) is 6.81. The van der Waals surface area contributed by atoms with Gasteiger partial charge in [-0.2, -0.15) is 0 Å². The van der Waals surface area contributed by atoms with E-state index in [-0.39, 0.29) is 0 Å². The van der Waals surface area contributed by atoms with E-state index in [1.807, 2.05) is 0 Å². The third-order valence-electron chi connectivity index (χ3n) is 5.07. The molecule has 2 aliphatic heterocycles. The van der Waals surface area contributed by atoms with Crippen LogP contribution in [0.4, 0.5) is 0 Å². The molecule has 0 amide bonds.